The number of nitrogens with zero attached hydrogens (tertiary/aromatic N) is 2. The van der Waals surface area contributed by atoms with Gasteiger partial charge in [-0.1, -0.05) is 12.1 Å². The first-order valence-electron chi connectivity index (χ1n) is 8.72. The number of carbonyl (C=O) groups excluding carboxylic acids is 1. The molecule has 3 rings (SSSR count). The van der Waals surface area contributed by atoms with E-state index in [0.717, 1.165) is 10.6 Å². The van der Waals surface area contributed by atoms with Crippen LogP contribution in [0.15, 0.2) is 47.4 Å². The molecule has 0 aliphatic carbocycles. The summed E-state index contributed by atoms with van der Waals surface area (Å²) in [5.74, 6) is 0.700. The van der Waals surface area contributed by atoms with Crippen LogP contribution in [0.2, 0.25) is 0 Å². The number of hydrogen-bond acceptors (Lipinski definition) is 4. The third kappa shape index (κ3) is 4.47. The van der Waals surface area contributed by atoms with Gasteiger partial charge in [0, 0.05) is 18.8 Å². The molecule has 0 saturated heterocycles. The molecule has 1 atom stereocenters. The molecule has 0 bridgehead atoms. The number of likely N-dealkylation sites (N-methyl/N-ethyl adjacent to an activating group) is 1. The van der Waals surface area contributed by atoms with Gasteiger partial charge in [-0.3, -0.25) is 9.59 Å². The summed E-state index contributed by atoms with van der Waals surface area (Å²) >= 11 is 0. The number of rotatable bonds is 5. The highest BCUT2D eigenvalue weighted by Crippen LogP contribution is 2.31. The van der Waals surface area contributed by atoms with E-state index in [2.05, 4.69) is 0 Å². The average Bonchev–Trinajstić information content (AvgIpc) is 2.66. The van der Waals surface area contributed by atoms with Crippen LogP contribution in [0.3, 0.4) is 0 Å². The molecule has 0 saturated carbocycles. The molecule has 1 aliphatic heterocycles. The maximum absolute atomic E-state index is 12.9. The molecule has 150 valence electrons. The third-order valence-corrected chi connectivity index (χ3v) is 4.34. The second kappa shape index (κ2) is 7.95. The number of amides is 1. The lowest BCUT2D eigenvalue weighted by Gasteiger charge is -2.31. The summed E-state index contributed by atoms with van der Waals surface area (Å²) in [6, 6.07) is 8.65. The first-order chi connectivity index (χ1) is 13.3. The van der Waals surface area contributed by atoms with E-state index in [1.54, 1.807) is 25.1 Å². The first kappa shape index (κ1) is 19.8. The second-order valence-corrected chi connectivity index (χ2v) is 6.31. The average molecular weight is 396 g/mol. The van der Waals surface area contributed by atoms with Crippen LogP contribution in [0.4, 0.5) is 13.2 Å². The number of carbonyl (C=O) groups is 1. The van der Waals surface area contributed by atoms with Gasteiger partial charge in [0.1, 0.15) is 13.2 Å². The van der Waals surface area contributed by atoms with Crippen LogP contribution in [0, 0.1) is 0 Å². The van der Waals surface area contributed by atoms with Crippen molar-refractivity contribution in [2.45, 2.75) is 25.7 Å². The van der Waals surface area contributed by atoms with Crippen molar-refractivity contribution in [1.29, 1.82) is 0 Å². The molecule has 6 nitrogen and oxygen atoms in total. The number of hydrogen-bond donors (Lipinski definition) is 0. The Kier molecular flexibility index (Phi) is 5.62. The van der Waals surface area contributed by atoms with Crippen LogP contribution >= 0.6 is 0 Å². The van der Waals surface area contributed by atoms with Crippen molar-refractivity contribution in [3.63, 3.8) is 0 Å². The van der Waals surface area contributed by atoms with Crippen LogP contribution < -0.4 is 15.0 Å². The number of alkyl halides is 3. The summed E-state index contributed by atoms with van der Waals surface area (Å²) in [7, 11) is 0. The summed E-state index contributed by atoms with van der Waals surface area (Å²) in [6.07, 6.45) is -4.36. The summed E-state index contributed by atoms with van der Waals surface area (Å²) in [6.45, 7) is 2.00. The number of pyridine rings is 1. The minimum atomic E-state index is -4.59. The molecular formula is C19H19F3N2O4. The van der Waals surface area contributed by atoms with Crippen molar-refractivity contribution < 1.29 is 27.4 Å². The molecule has 0 fully saturated rings. The summed E-state index contributed by atoms with van der Waals surface area (Å²) < 4.78 is 50.7. The smallest absolute Gasteiger partial charge is 0.417 e. The predicted molar refractivity (Wildman–Crippen MR) is 94.3 cm³/mol. The topological polar surface area (TPSA) is 60.8 Å². The standard InChI is InChI=1S/C19H19F3N2O4/c1-2-23(10-14-12-27-15-5-3-4-6-16(15)28-14)18(26)11-24-9-13(19(20,21)22)7-8-17(24)25/h3-9,14H,2,10-12H2,1H3/t14-/m0/s1. The van der Waals surface area contributed by atoms with Gasteiger partial charge in [0.05, 0.1) is 12.1 Å². The van der Waals surface area contributed by atoms with Crippen LogP contribution in [-0.2, 0) is 17.5 Å². The van der Waals surface area contributed by atoms with Crippen LogP contribution in [-0.4, -0.2) is 41.2 Å². The van der Waals surface area contributed by atoms with E-state index in [4.69, 9.17) is 9.47 Å². The minimum absolute atomic E-state index is 0.192. The minimum Gasteiger partial charge on any atom is -0.486 e. The lowest BCUT2D eigenvalue weighted by molar-refractivity contribution is -0.139. The van der Waals surface area contributed by atoms with E-state index in [1.165, 1.54) is 4.90 Å². The molecule has 1 aliphatic rings. The van der Waals surface area contributed by atoms with Gasteiger partial charge in [0.15, 0.2) is 17.6 Å². The van der Waals surface area contributed by atoms with Crippen LogP contribution in [0.1, 0.15) is 12.5 Å². The van der Waals surface area contributed by atoms with Crippen molar-refractivity contribution in [3.8, 4) is 11.5 Å². The van der Waals surface area contributed by atoms with Crippen molar-refractivity contribution in [2.75, 3.05) is 19.7 Å². The lowest BCUT2D eigenvalue weighted by Crippen LogP contribution is -2.45. The Labute approximate surface area is 159 Å². The molecule has 0 unspecified atom stereocenters. The fourth-order valence-electron chi connectivity index (χ4n) is 2.87. The van der Waals surface area contributed by atoms with Gasteiger partial charge in [0.2, 0.25) is 5.91 Å². The van der Waals surface area contributed by atoms with Gasteiger partial charge in [0.25, 0.3) is 5.56 Å². The zero-order valence-corrected chi connectivity index (χ0v) is 15.1. The van der Waals surface area contributed by atoms with Gasteiger partial charge < -0.3 is 18.9 Å². The molecule has 1 aromatic carbocycles. The Balaban J connectivity index is 1.69. The maximum atomic E-state index is 12.9. The highest BCUT2D eigenvalue weighted by atomic mass is 19.4. The molecule has 28 heavy (non-hydrogen) atoms. The quantitative estimate of drug-likeness (QED) is 0.780. The molecule has 2 aromatic rings. The Hall–Kier alpha value is -2.97. The van der Waals surface area contributed by atoms with E-state index in [1.807, 2.05) is 6.07 Å². The van der Waals surface area contributed by atoms with E-state index in [9.17, 15) is 22.8 Å². The van der Waals surface area contributed by atoms with Crippen LogP contribution in [0.5, 0.6) is 11.5 Å². The highest BCUT2D eigenvalue weighted by molar-refractivity contribution is 5.76. The van der Waals surface area contributed by atoms with Gasteiger partial charge >= 0.3 is 6.18 Å². The van der Waals surface area contributed by atoms with Crippen LogP contribution in [0.25, 0.3) is 0 Å². The number of ether oxygens (including phenoxy) is 2. The van der Waals surface area contributed by atoms with E-state index < -0.39 is 35.9 Å². The normalized spacial score (nSPS) is 15.9. The fraction of sp³-hybridized carbons (Fsp3) is 0.368. The number of halogens is 3. The highest BCUT2D eigenvalue weighted by Gasteiger charge is 2.31. The van der Waals surface area contributed by atoms with Gasteiger partial charge in [-0.15, -0.1) is 0 Å². The lowest BCUT2D eigenvalue weighted by atomic mass is 10.2. The Morgan fingerprint density at radius 1 is 1.21 bits per heavy atom. The SMILES string of the molecule is CCN(C[C@H]1COc2ccccc2O1)C(=O)Cn1cc(C(F)(F)F)ccc1=O. The van der Waals surface area contributed by atoms with E-state index in [0.29, 0.717) is 30.3 Å². The molecule has 1 amide bonds. The van der Waals surface area contributed by atoms with E-state index >= 15 is 0 Å². The summed E-state index contributed by atoms with van der Waals surface area (Å²) in [4.78, 5) is 25.8. The number of aromatic nitrogens is 1. The van der Waals surface area contributed by atoms with Crippen molar-refractivity contribution in [3.05, 3.63) is 58.5 Å². The Bertz CT molecular complexity index is 911. The van der Waals surface area contributed by atoms with Gasteiger partial charge in [-0.05, 0) is 25.1 Å². The van der Waals surface area contributed by atoms with Crippen molar-refractivity contribution in [2.24, 2.45) is 0 Å². The van der Waals surface area contributed by atoms with Gasteiger partial charge in [-0.25, -0.2) is 0 Å². The maximum Gasteiger partial charge on any atom is 0.417 e. The summed E-state index contributed by atoms with van der Waals surface area (Å²) in [5, 5.41) is 0. The zero-order chi connectivity index (χ0) is 20.3. The van der Waals surface area contributed by atoms with Gasteiger partial charge in [-0.2, -0.15) is 13.2 Å². The number of para-hydroxylation sites is 2. The monoisotopic (exact) mass is 396 g/mol. The fourth-order valence-corrected chi connectivity index (χ4v) is 2.87. The Morgan fingerprint density at radius 2 is 1.93 bits per heavy atom. The van der Waals surface area contributed by atoms with E-state index in [-0.39, 0.29) is 13.2 Å². The van der Waals surface area contributed by atoms with Crippen molar-refractivity contribution in [1.82, 2.24) is 9.47 Å². The molecule has 9 heteroatoms. The predicted octanol–water partition coefficient (Wildman–Crippen LogP) is 2.56. The third-order valence-electron chi connectivity index (χ3n) is 4.34. The first-order valence-corrected chi connectivity index (χ1v) is 8.72. The molecular weight excluding hydrogens is 377 g/mol. The Morgan fingerprint density at radius 3 is 2.61 bits per heavy atom. The molecule has 0 spiro atoms. The van der Waals surface area contributed by atoms with Crippen molar-refractivity contribution >= 4 is 5.91 Å². The second-order valence-electron chi connectivity index (χ2n) is 6.31. The largest absolute Gasteiger partial charge is 0.486 e. The number of fused-ring (bicyclic) bond motifs is 1. The molecule has 1 aromatic heterocycles. The summed E-state index contributed by atoms with van der Waals surface area (Å²) in [5.41, 5.74) is -1.66. The molecule has 2 heterocycles. The molecule has 0 radical (unpaired) electrons. The zero-order valence-electron chi connectivity index (χ0n) is 15.1. The number of benzene rings is 1. The molecule has 0 N–H and O–H groups in total.